The fourth-order valence-electron chi connectivity index (χ4n) is 10.2. The van der Waals surface area contributed by atoms with Gasteiger partial charge in [0.05, 0.1) is 68.2 Å². The number of methoxy groups -OCH3 is 2. The van der Waals surface area contributed by atoms with E-state index >= 15 is 0 Å². The number of rotatable bonds is 14. The van der Waals surface area contributed by atoms with E-state index in [4.69, 9.17) is 24.4 Å². The number of H-pyrrole nitrogens is 2. The number of anilines is 1. The number of benzene rings is 3. The molecule has 0 saturated carbocycles. The number of aryl methyl sites for hydroxylation is 1. The third kappa shape index (κ3) is 9.62. The van der Waals surface area contributed by atoms with Gasteiger partial charge in [-0.05, 0) is 91.7 Å². The highest BCUT2D eigenvalue weighted by Gasteiger charge is 2.39. The maximum absolute atomic E-state index is 13.7. The van der Waals surface area contributed by atoms with Crippen molar-refractivity contribution in [3.05, 3.63) is 126 Å². The normalized spacial score (nSPS) is 20.9. The van der Waals surface area contributed by atoms with E-state index in [1.165, 1.54) is 29.5 Å². The number of alkyl carbamates (subject to hydrolysis) is 1. The van der Waals surface area contributed by atoms with E-state index in [1.54, 1.807) is 7.11 Å². The van der Waals surface area contributed by atoms with Crippen LogP contribution in [0.5, 0.6) is 0 Å². The third-order valence-corrected chi connectivity index (χ3v) is 13.9. The van der Waals surface area contributed by atoms with Crippen molar-refractivity contribution in [2.75, 3.05) is 32.2 Å². The predicted octanol–water partition coefficient (Wildman–Crippen LogP) is 10.6. The Bertz CT molecular complexity index is 2490. The molecule has 3 aliphatic rings. The van der Waals surface area contributed by atoms with Gasteiger partial charge in [0.1, 0.15) is 17.7 Å². The van der Waals surface area contributed by atoms with E-state index in [0.717, 1.165) is 84.9 Å². The molecule has 3 aliphatic heterocycles. The molecule has 3 N–H and O–H groups in total. The summed E-state index contributed by atoms with van der Waals surface area (Å²) in [7, 11) is 2.97. The molecule has 13 nitrogen and oxygen atoms in total. The predicted molar refractivity (Wildman–Crippen MR) is 261 cm³/mol. The highest BCUT2D eigenvalue weighted by molar-refractivity contribution is 5.86. The number of aromatic nitrogens is 4. The van der Waals surface area contributed by atoms with Crippen molar-refractivity contribution in [3.8, 4) is 22.5 Å². The number of nitrogens with zero attached hydrogens (tertiary/aromatic N) is 6. The van der Waals surface area contributed by atoms with E-state index in [2.05, 4.69) is 125 Å². The number of carbonyl (C=O) groups is 2. The van der Waals surface area contributed by atoms with Crippen LogP contribution in [0.1, 0.15) is 126 Å². The first-order chi connectivity index (χ1) is 31.8. The Morgan fingerprint density at radius 2 is 1.23 bits per heavy atom. The van der Waals surface area contributed by atoms with E-state index in [9.17, 15) is 9.59 Å². The molecule has 5 aromatic rings. The molecule has 3 aromatic carbocycles. The monoisotopic (exact) mass is 894 g/mol. The van der Waals surface area contributed by atoms with Gasteiger partial charge in [0.15, 0.2) is 5.90 Å². The standard InChI is InChI=1S/C53H67N9O4/c1-32(2)48(56-36(7)65-8)35(6)60-28-10-12-46(60)50-54-30-42(57-50)37-16-20-39(21-17-37)44-26-27-45(62(44)41-24-14-34(5)15-25-41)40-22-18-38(19-23-40)43-31-55-51(58-43)47-13-11-29-61(47)52(63)49(33(3)4)59-53(64)66-9/h14-25,30-33,44-49H,6,10-13,26-29H2,1-5,7-9H3,(H,54,57)(H,55,58)(H,59,64). The number of aromatic amines is 2. The highest BCUT2D eigenvalue weighted by atomic mass is 16.5. The largest absolute Gasteiger partial charge is 0.484 e. The first-order valence-electron chi connectivity index (χ1n) is 23.7. The van der Waals surface area contributed by atoms with Crippen molar-refractivity contribution in [2.24, 2.45) is 16.8 Å². The zero-order valence-corrected chi connectivity index (χ0v) is 39.9. The SMILES string of the molecule is C=C(C(N=C(C)OC)C(C)C)N1CCCC1c1ncc(-c2ccc(C3CCC(c4ccc(-c5cnc(C6CCCN6C(=O)C(NC(=O)OC)C(C)C)[nH]5)cc4)N3c3ccc(C)cc3)cc2)[nH]1. The number of imidazole rings is 2. The van der Waals surface area contributed by atoms with Gasteiger partial charge >= 0.3 is 6.09 Å². The van der Waals surface area contributed by atoms with Crippen LogP contribution in [0, 0.1) is 18.8 Å². The minimum absolute atomic E-state index is 0.0596. The van der Waals surface area contributed by atoms with Crippen LogP contribution in [0.3, 0.4) is 0 Å². The fraction of sp³-hybridized carbons (Fsp3) is 0.453. The van der Waals surface area contributed by atoms with Gasteiger partial charge in [0.25, 0.3) is 0 Å². The third-order valence-electron chi connectivity index (χ3n) is 13.9. The first-order valence-corrected chi connectivity index (χ1v) is 23.7. The van der Waals surface area contributed by atoms with E-state index in [0.29, 0.717) is 12.4 Å². The summed E-state index contributed by atoms with van der Waals surface area (Å²) in [4.78, 5) is 54.4. The summed E-state index contributed by atoms with van der Waals surface area (Å²) in [6.45, 7) is 18.3. The van der Waals surface area contributed by atoms with Crippen molar-refractivity contribution in [3.63, 3.8) is 0 Å². The lowest BCUT2D eigenvalue weighted by atomic mass is 10.0. The molecule has 6 unspecified atom stereocenters. The van der Waals surface area contributed by atoms with Crippen molar-refractivity contribution in [2.45, 2.75) is 116 Å². The molecule has 13 heteroatoms. The molecule has 3 saturated heterocycles. The molecule has 8 rings (SSSR count). The lowest BCUT2D eigenvalue weighted by Gasteiger charge is -2.33. The number of aliphatic imine (C=N–C) groups is 1. The zero-order valence-electron chi connectivity index (χ0n) is 39.9. The summed E-state index contributed by atoms with van der Waals surface area (Å²) >= 11 is 0. The summed E-state index contributed by atoms with van der Waals surface area (Å²) in [5, 5.41) is 2.73. The maximum Gasteiger partial charge on any atom is 0.407 e. The molecule has 3 fully saturated rings. The second-order valence-electron chi connectivity index (χ2n) is 18.9. The molecular weight excluding hydrogens is 827 g/mol. The Balaban J connectivity index is 0.978. The Labute approximate surface area is 390 Å². The molecule has 66 heavy (non-hydrogen) atoms. The second kappa shape index (κ2) is 20.0. The zero-order chi connectivity index (χ0) is 46.6. The average molecular weight is 894 g/mol. The summed E-state index contributed by atoms with van der Waals surface area (Å²) in [6.07, 6.45) is 9.00. The van der Waals surface area contributed by atoms with Crippen molar-refractivity contribution in [1.29, 1.82) is 0 Å². The van der Waals surface area contributed by atoms with E-state index in [-0.39, 0.29) is 48.0 Å². The van der Waals surface area contributed by atoms with Crippen LogP contribution < -0.4 is 10.2 Å². The number of nitrogens with one attached hydrogen (secondary N) is 3. The van der Waals surface area contributed by atoms with Crippen LogP contribution >= 0.6 is 0 Å². The number of hydrogen-bond acceptors (Lipinski definition) is 9. The van der Waals surface area contributed by atoms with Gasteiger partial charge in [0, 0.05) is 31.4 Å². The Hall–Kier alpha value is -6.37. The van der Waals surface area contributed by atoms with Crippen LogP contribution in [0.25, 0.3) is 22.5 Å². The molecule has 5 heterocycles. The lowest BCUT2D eigenvalue weighted by molar-refractivity contribution is -0.135. The average Bonchev–Trinajstić information content (AvgIpc) is 4.19. The number of likely N-dealkylation sites (tertiary alicyclic amines) is 2. The molecule has 0 spiro atoms. The van der Waals surface area contributed by atoms with Gasteiger partial charge < -0.3 is 39.5 Å². The molecule has 348 valence electrons. The smallest absolute Gasteiger partial charge is 0.407 e. The fourth-order valence-corrected chi connectivity index (χ4v) is 10.2. The number of amides is 2. The van der Waals surface area contributed by atoms with Crippen molar-refractivity contribution < 1.29 is 19.1 Å². The molecule has 6 atom stereocenters. The number of hydrogen-bond donors (Lipinski definition) is 3. The van der Waals surface area contributed by atoms with Crippen LogP contribution in [0.2, 0.25) is 0 Å². The van der Waals surface area contributed by atoms with Gasteiger partial charge in [-0.3, -0.25) is 4.79 Å². The van der Waals surface area contributed by atoms with Gasteiger partial charge in [0.2, 0.25) is 5.91 Å². The molecule has 2 amide bonds. The molecule has 0 aliphatic carbocycles. The van der Waals surface area contributed by atoms with Crippen LogP contribution in [-0.4, -0.2) is 87.0 Å². The Morgan fingerprint density at radius 3 is 1.71 bits per heavy atom. The molecule has 0 radical (unpaired) electrons. The van der Waals surface area contributed by atoms with Crippen molar-refractivity contribution >= 4 is 23.6 Å². The lowest BCUT2D eigenvalue weighted by Crippen LogP contribution is -2.51. The van der Waals surface area contributed by atoms with Crippen LogP contribution in [-0.2, 0) is 14.3 Å². The minimum Gasteiger partial charge on any atom is -0.484 e. The number of ether oxygens (including phenoxy) is 2. The summed E-state index contributed by atoms with van der Waals surface area (Å²) in [6, 6.07) is 26.4. The Kier molecular flexibility index (Phi) is 14.0. The second-order valence-corrected chi connectivity index (χ2v) is 18.9. The van der Waals surface area contributed by atoms with Gasteiger partial charge in [-0.1, -0.05) is 101 Å². The van der Waals surface area contributed by atoms with E-state index in [1.807, 2.05) is 38.1 Å². The first kappa shape index (κ1) is 46.2. The maximum atomic E-state index is 13.7. The molecule has 0 bridgehead atoms. The van der Waals surface area contributed by atoms with Crippen LogP contribution in [0.4, 0.5) is 10.5 Å². The van der Waals surface area contributed by atoms with Gasteiger partial charge in [-0.2, -0.15) is 0 Å². The summed E-state index contributed by atoms with van der Waals surface area (Å²) < 4.78 is 10.2. The summed E-state index contributed by atoms with van der Waals surface area (Å²) in [5.74, 6) is 2.45. The van der Waals surface area contributed by atoms with E-state index < -0.39 is 12.1 Å². The summed E-state index contributed by atoms with van der Waals surface area (Å²) in [5.41, 5.74) is 10.1. The topological polar surface area (TPSA) is 144 Å². The molecule has 2 aromatic heterocycles. The minimum atomic E-state index is -0.680. The van der Waals surface area contributed by atoms with Gasteiger partial charge in [-0.25, -0.2) is 19.8 Å². The quantitative estimate of drug-likeness (QED) is 0.0738. The number of carbonyl (C=O) groups excluding carboxylic acids is 2. The van der Waals surface area contributed by atoms with Crippen molar-refractivity contribution in [1.82, 2.24) is 35.1 Å². The molecular formula is C53H67N9O4. The highest BCUT2D eigenvalue weighted by Crippen LogP contribution is 2.47. The Morgan fingerprint density at radius 1 is 0.712 bits per heavy atom. The van der Waals surface area contributed by atoms with Crippen LogP contribution in [0.15, 0.2) is 102 Å². The van der Waals surface area contributed by atoms with Gasteiger partial charge in [-0.15, -0.1) is 0 Å².